The first kappa shape index (κ1) is 18.9. The number of benzene rings is 2. The highest BCUT2D eigenvalue weighted by molar-refractivity contribution is 5.93. The SMILES string of the molecule is CC(C)Oc1ccc(Nc2cc(C(=O)N3CCc4ccccc4C3)ncn2)cc1. The number of rotatable bonds is 5. The van der Waals surface area contributed by atoms with E-state index in [1.54, 1.807) is 6.07 Å². The van der Waals surface area contributed by atoms with Gasteiger partial charge in [-0.05, 0) is 55.7 Å². The first-order chi connectivity index (χ1) is 14.1. The molecule has 1 aliphatic heterocycles. The molecule has 1 amide bonds. The molecular weight excluding hydrogens is 364 g/mol. The van der Waals surface area contributed by atoms with Crippen LogP contribution in [-0.2, 0) is 13.0 Å². The average Bonchev–Trinajstić information content (AvgIpc) is 2.74. The van der Waals surface area contributed by atoms with Crippen LogP contribution < -0.4 is 10.1 Å². The number of nitrogens with zero attached hydrogens (tertiary/aromatic N) is 3. The largest absolute Gasteiger partial charge is 0.491 e. The van der Waals surface area contributed by atoms with Crippen molar-refractivity contribution in [1.29, 1.82) is 0 Å². The second-order valence-electron chi connectivity index (χ2n) is 7.35. The van der Waals surface area contributed by atoms with Gasteiger partial charge < -0.3 is 15.0 Å². The van der Waals surface area contributed by atoms with Crippen molar-refractivity contribution < 1.29 is 9.53 Å². The smallest absolute Gasteiger partial charge is 0.272 e. The molecule has 2 aromatic carbocycles. The number of hydrogen-bond acceptors (Lipinski definition) is 5. The lowest BCUT2D eigenvalue weighted by atomic mass is 10.00. The fourth-order valence-corrected chi connectivity index (χ4v) is 3.41. The van der Waals surface area contributed by atoms with Crippen molar-refractivity contribution in [1.82, 2.24) is 14.9 Å². The van der Waals surface area contributed by atoms with Gasteiger partial charge in [-0.1, -0.05) is 24.3 Å². The Morgan fingerprint density at radius 3 is 2.59 bits per heavy atom. The first-order valence-corrected chi connectivity index (χ1v) is 9.80. The molecule has 0 atom stereocenters. The van der Waals surface area contributed by atoms with E-state index in [-0.39, 0.29) is 12.0 Å². The monoisotopic (exact) mass is 388 g/mol. The van der Waals surface area contributed by atoms with Gasteiger partial charge in [0.05, 0.1) is 6.10 Å². The minimum atomic E-state index is -0.0781. The molecule has 148 valence electrons. The maximum Gasteiger partial charge on any atom is 0.272 e. The number of hydrogen-bond donors (Lipinski definition) is 1. The highest BCUT2D eigenvalue weighted by Crippen LogP contribution is 2.22. The number of carbonyl (C=O) groups is 1. The van der Waals surface area contributed by atoms with E-state index in [0.29, 0.717) is 24.6 Å². The molecule has 3 aromatic rings. The van der Waals surface area contributed by atoms with E-state index in [4.69, 9.17) is 4.74 Å². The van der Waals surface area contributed by atoms with Crippen LogP contribution in [0.25, 0.3) is 0 Å². The zero-order valence-corrected chi connectivity index (χ0v) is 16.6. The summed E-state index contributed by atoms with van der Waals surface area (Å²) in [7, 11) is 0. The van der Waals surface area contributed by atoms with E-state index < -0.39 is 0 Å². The van der Waals surface area contributed by atoms with E-state index in [2.05, 4.69) is 27.4 Å². The lowest BCUT2D eigenvalue weighted by Crippen LogP contribution is -2.36. The van der Waals surface area contributed by atoms with Crippen molar-refractivity contribution in [2.75, 3.05) is 11.9 Å². The van der Waals surface area contributed by atoms with Crippen molar-refractivity contribution >= 4 is 17.4 Å². The number of anilines is 2. The molecule has 0 saturated heterocycles. The normalized spacial score (nSPS) is 13.1. The van der Waals surface area contributed by atoms with Crippen LogP contribution in [0.1, 0.15) is 35.5 Å². The molecule has 6 heteroatoms. The minimum Gasteiger partial charge on any atom is -0.491 e. The Hall–Kier alpha value is -3.41. The van der Waals surface area contributed by atoms with Gasteiger partial charge in [-0.15, -0.1) is 0 Å². The Balaban J connectivity index is 1.45. The molecule has 1 N–H and O–H groups in total. The van der Waals surface area contributed by atoms with E-state index in [1.165, 1.54) is 17.5 Å². The molecule has 29 heavy (non-hydrogen) atoms. The second-order valence-corrected chi connectivity index (χ2v) is 7.35. The Labute approximate surface area is 170 Å². The first-order valence-electron chi connectivity index (χ1n) is 9.80. The Morgan fingerprint density at radius 2 is 1.83 bits per heavy atom. The molecule has 0 bridgehead atoms. The molecule has 1 aromatic heterocycles. The highest BCUT2D eigenvalue weighted by atomic mass is 16.5. The van der Waals surface area contributed by atoms with Crippen molar-refractivity contribution in [3.63, 3.8) is 0 Å². The summed E-state index contributed by atoms with van der Waals surface area (Å²) in [6.45, 7) is 5.29. The summed E-state index contributed by atoms with van der Waals surface area (Å²) < 4.78 is 5.66. The van der Waals surface area contributed by atoms with Crippen molar-refractivity contribution in [3.05, 3.63) is 77.7 Å². The summed E-state index contributed by atoms with van der Waals surface area (Å²) in [6, 6.07) is 17.6. The zero-order chi connectivity index (χ0) is 20.2. The van der Waals surface area contributed by atoms with E-state index in [0.717, 1.165) is 17.9 Å². The summed E-state index contributed by atoms with van der Waals surface area (Å²) in [5.74, 6) is 1.32. The number of fused-ring (bicyclic) bond motifs is 1. The van der Waals surface area contributed by atoms with E-state index >= 15 is 0 Å². The number of amides is 1. The minimum absolute atomic E-state index is 0.0781. The number of nitrogens with one attached hydrogen (secondary N) is 1. The Kier molecular flexibility index (Phi) is 5.42. The Bertz CT molecular complexity index is 1000. The van der Waals surface area contributed by atoms with Crippen LogP contribution >= 0.6 is 0 Å². The number of ether oxygens (including phenoxy) is 1. The van der Waals surface area contributed by atoms with Gasteiger partial charge in [-0.2, -0.15) is 0 Å². The van der Waals surface area contributed by atoms with Crippen LogP contribution in [0.15, 0.2) is 60.9 Å². The molecule has 2 heterocycles. The molecule has 1 aliphatic rings. The Morgan fingerprint density at radius 1 is 1.07 bits per heavy atom. The van der Waals surface area contributed by atoms with Crippen LogP contribution in [0.2, 0.25) is 0 Å². The molecule has 4 rings (SSSR count). The third-order valence-corrected chi connectivity index (χ3v) is 4.80. The van der Waals surface area contributed by atoms with Gasteiger partial charge in [0.25, 0.3) is 5.91 Å². The quantitative estimate of drug-likeness (QED) is 0.709. The van der Waals surface area contributed by atoms with Crippen molar-refractivity contribution in [2.24, 2.45) is 0 Å². The van der Waals surface area contributed by atoms with Gasteiger partial charge in [-0.3, -0.25) is 4.79 Å². The number of aromatic nitrogens is 2. The molecule has 0 radical (unpaired) electrons. The lowest BCUT2D eigenvalue weighted by Gasteiger charge is -2.28. The van der Waals surface area contributed by atoms with Gasteiger partial charge in [-0.25, -0.2) is 9.97 Å². The summed E-state index contributed by atoms with van der Waals surface area (Å²) in [4.78, 5) is 23.2. The summed E-state index contributed by atoms with van der Waals surface area (Å²) in [5.41, 5.74) is 3.77. The van der Waals surface area contributed by atoms with Gasteiger partial charge in [0.2, 0.25) is 0 Å². The van der Waals surface area contributed by atoms with Gasteiger partial charge in [0.1, 0.15) is 23.6 Å². The predicted molar refractivity (Wildman–Crippen MR) is 112 cm³/mol. The van der Waals surface area contributed by atoms with Gasteiger partial charge >= 0.3 is 0 Å². The molecule has 6 nitrogen and oxygen atoms in total. The van der Waals surface area contributed by atoms with E-state index in [9.17, 15) is 4.79 Å². The maximum absolute atomic E-state index is 13.0. The fraction of sp³-hybridized carbons (Fsp3) is 0.261. The van der Waals surface area contributed by atoms with Crippen LogP contribution in [0, 0.1) is 0 Å². The second kappa shape index (κ2) is 8.31. The third kappa shape index (κ3) is 4.54. The van der Waals surface area contributed by atoms with Crippen LogP contribution in [0.3, 0.4) is 0 Å². The van der Waals surface area contributed by atoms with Crippen LogP contribution in [0.5, 0.6) is 5.75 Å². The van der Waals surface area contributed by atoms with Crippen LogP contribution in [0.4, 0.5) is 11.5 Å². The highest BCUT2D eigenvalue weighted by Gasteiger charge is 2.22. The third-order valence-electron chi connectivity index (χ3n) is 4.80. The molecule has 0 fully saturated rings. The maximum atomic E-state index is 13.0. The fourth-order valence-electron chi connectivity index (χ4n) is 3.41. The van der Waals surface area contributed by atoms with Crippen molar-refractivity contribution in [2.45, 2.75) is 32.9 Å². The number of carbonyl (C=O) groups excluding carboxylic acids is 1. The molecule has 0 aliphatic carbocycles. The topological polar surface area (TPSA) is 67.3 Å². The molecule has 0 spiro atoms. The van der Waals surface area contributed by atoms with Gasteiger partial charge in [0.15, 0.2) is 0 Å². The average molecular weight is 388 g/mol. The van der Waals surface area contributed by atoms with Crippen molar-refractivity contribution in [3.8, 4) is 5.75 Å². The van der Waals surface area contributed by atoms with Crippen LogP contribution in [-0.4, -0.2) is 33.4 Å². The molecule has 0 saturated carbocycles. The van der Waals surface area contributed by atoms with E-state index in [1.807, 2.05) is 55.1 Å². The van der Waals surface area contributed by atoms with Gasteiger partial charge in [0, 0.05) is 24.8 Å². The molecule has 0 unspecified atom stereocenters. The lowest BCUT2D eigenvalue weighted by molar-refractivity contribution is 0.0728. The molecular formula is C23H24N4O2. The standard InChI is InChI=1S/C23H24N4O2/c1-16(2)29-20-9-7-19(8-10-20)26-22-13-21(24-15-25-22)23(28)27-12-11-17-5-3-4-6-18(17)14-27/h3-10,13,15-16H,11-12,14H2,1-2H3,(H,24,25,26). The summed E-state index contributed by atoms with van der Waals surface area (Å²) >= 11 is 0. The zero-order valence-electron chi connectivity index (χ0n) is 16.6. The summed E-state index contributed by atoms with van der Waals surface area (Å²) in [6.07, 6.45) is 2.41. The predicted octanol–water partition coefficient (Wildman–Crippen LogP) is 4.21. The summed E-state index contributed by atoms with van der Waals surface area (Å²) in [5, 5.41) is 3.22.